The Morgan fingerprint density at radius 3 is 2.63 bits per heavy atom. The molecule has 106 valence electrons. The molecule has 0 aliphatic carbocycles. The lowest BCUT2D eigenvalue weighted by Gasteiger charge is -2.15. The second-order valence-corrected chi connectivity index (χ2v) is 4.20. The summed E-state index contributed by atoms with van der Waals surface area (Å²) in [6, 6.07) is 5.92. The van der Waals surface area contributed by atoms with Crippen LogP contribution in [0.2, 0.25) is 0 Å². The highest BCUT2D eigenvalue weighted by Crippen LogP contribution is 2.11. The second kappa shape index (κ2) is 8.48. The fourth-order valence-corrected chi connectivity index (χ4v) is 1.56. The number of hydrogen-bond acceptors (Lipinski definition) is 4. The Morgan fingerprint density at radius 2 is 2.00 bits per heavy atom. The molecular formula is C14H20FNO3. The van der Waals surface area contributed by atoms with Crippen molar-refractivity contribution in [2.45, 2.75) is 13.3 Å². The molecule has 0 unspecified atom stereocenters. The number of hydrogen-bond donors (Lipinski definition) is 0. The van der Waals surface area contributed by atoms with Crippen LogP contribution in [0.1, 0.15) is 13.3 Å². The van der Waals surface area contributed by atoms with E-state index in [9.17, 15) is 9.18 Å². The molecule has 1 aromatic carbocycles. The fourth-order valence-electron chi connectivity index (χ4n) is 1.56. The zero-order valence-electron chi connectivity index (χ0n) is 11.4. The van der Waals surface area contributed by atoms with E-state index in [4.69, 9.17) is 9.47 Å². The van der Waals surface area contributed by atoms with Crippen molar-refractivity contribution < 1.29 is 18.7 Å². The molecule has 0 N–H and O–H groups in total. The van der Waals surface area contributed by atoms with Crippen molar-refractivity contribution in [3.05, 3.63) is 30.1 Å². The zero-order chi connectivity index (χ0) is 14.1. The van der Waals surface area contributed by atoms with Gasteiger partial charge in [-0.15, -0.1) is 0 Å². The minimum Gasteiger partial charge on any atom is -0.494 e. The van der Waals surface area contributed by atoms with Crippen molar-refractivity contribution in [1.82, 2.24) is 4.90 Å². The minimum absolute atomic E-state index is 0.218. The first-order valence-electron chi connectivity index (χ1n) is 6.34. The summed E-state index contributed by atoms with van der Waals surface area (Å²) < 4.78 is 23.0. The number of nitrogens with zero attached hydrogens (tertiary/aromatic N) is 1. The van der Waals surface area contributed by atoms with Crippen molar-refractivity contribution in [2.24, 2.45) is 0 Å². The monoisotopic (exact) mass is 269 g/mol. The first kappa shape index (κ1) is 15.4. The average molecular weight is 269 g/mol. The Kier molecular flexibility index (Phi) is 6.89. The third kappa shape index (κ3) is 6.76. The van der Waals surface area contributed by atoms with E-state index in [-0.39, 0.29) is 18.3 Å². The minimum atomic E-state index is -0.276. The highest BCUT2D eigenvalue weighted by Gasteiger charge is 2.06. The molecule has 1 rings (SSSR count). The molecule has 0 heterocycles. The summed E-state index contributed by atoms with van der Waals surface area (Å²) in [7, 11) is 1.86. The molecule has 0 amide bonds. The highest BCUT2D eigenvalue weighted by molar-refractivity contribution is 5.71. The van der Waals surface area contributed by atoms with Gasteiger partial charge in [0.05, 0.1) is 19.8 Å². The predicted octanol–water partition coefficient (Wildman–Crippen LogP) is 2.09. The summed E-state index contributed by atoms with van der Waals surface area (Å²) >= 11 is 0. The van der Waals surface area contributed by atoms with Gasteiger partial charge in [0.1, 0.15) is 11.6 Å². The first-order valence-corrected chi connectivity index (χ1v) is 6.34. The molecule has 4 nitrogen and oxygen atoms in total. The summed E-state index contributed by atoms with van der Waals surface area (Å²) in [6.45, 7) is 3.73. The Bertz CT molecular complexity index is 381. The van der Waals surface area contributed by atoms with Gasteiger partial charge in [-0.05, 0) is 44.7 Å². The molecule has 0 saturated carbocycles. The molecule has 0 atom stereocenters. The maximum absolute atomic E-state index is 12.7. The lowest BCUT2D eigenvalue weighted by Crippen LogP contribution is -2.29. The van der Waals surface area contributed by atoms with E-state index < -0.39 is 0 Å². The Morgan fingerprint density at radius 1 is 1.32 bits per heavy atom. The van der Waals surface area contributed by atoms with E-state index in [0.29, 0.717) is 19.0 Å². The van der Waals surface area contributed by atoms with Crippen LogP contribution < -0.4 is 4.74 Å². The van der Waals surface area contributed by atoms with Crippen LogP contribution in [0.5, 0.6) is 5.75 Å². The van der Waals surface area contributed by atoms with E-state index >= 15 is 0 Å². The van der Waals surface area contributed by atoms with Crippen LogP contribution in [0.3, 0.4) is 0 Å². The number of benzene rings is 1. The zero-order valence-corrected chi connectivity index (χ0v) is 11.4. The van der Waals surface area contributed by atoms with Crippen molar-refractivity contribution in [3.8, 4) is 5.75 Å². The highest BCUT2D eigenvalue weighted by atomic mass is 19.1. The molecule has 0 spiro atoms. The quantitative estimate of drug-likeness (QED) is 0.535. The number of carbonyl (C=O) groups excluding carboxylic acids is 1. The summed E-state index contributed by atoms with van der Waals surface area (Å²) in [5.41, 5.74) is 0. The van der Waals surface area contributed by atoms with Gasteiger partial charge in [-0.1, -0.05) is 0 Å². The van der Waals surface area contributed by atoms with Gasteiger partial charge in [-0.2, -0.15) is 0 Å². The summed E-state index contributed by atoms with van der Waals surface area (Å²) in [5, 5.41) is 0. The number of rotatable bonds is 8. The van der Waals surface area contributed by atoms with E-state index in [1.165, 1.54) is 12.1 Å². The molecule has 0 aliphatic rings. The maximum Gasteiger partial charge on any atom is 0.320 e. The average Bonchev–Trinajstić information content (AvgIpc) is 2.37. The molecule has 0 fully saturated rings. The largest absolute Gasteiger partial charge is 0.494 e. The number of ether oxygens (including phenoxy) is 2. The number of halogens is 1. The Hall–Kier alpha value is -1.62. The topological polar surface area (TPSA) is 38.8 Å². The van der Waals surface area contributed by atoms with Gasteiger partial charge in [-0.25, -0.2) is 4.39 Å². The van der Waals surface area contributed by atoms with Crippen LogP contribution in [0, 0.1) is 5.82 Å². The third-order valence-electron chi connectivity index (χ3n) is 2.47. The smallest absolute Gasteiger partial charge is 0.320 e. The van der Waals surface area contributed by atoms with Gasteiger partial charge in [0, 0.05) is 6.54 Å². The van der Waals surface area contributed by atoms with E-state index in [1.54, 1.807) is 19.1 Å². The third-order valence-corrected chi connectivity index (χ3v) is 2.47. The fraction of sp³-hybridized carbons (Fsp3) is 0.500. The Balaban J connectivity index is 2.13. The number of likely N-dealkylation sites (N-methyl/N-ethyl adjacent to an activating group) is 1. The predicted molar refractivity (Wildman–Crippen MR) is 70.6 cm³/mol. The van der Waals surface area contributed by atoms with E-state index in [0.717, 1.165) is 13.0 Å². The van der Waals surface area contributed by atoms with Gasteiger partial charge in [0.2, 0.25) is 0 Å². The number of esters is 1. The van der Waals surface area contributed by atoms with Gasteiger partial charge in [-0.3, -0.25) is 9.69 Å². The van der Waals surface area contributed by atoms with Crippen LogP contribution in [0.4, 0.5) is 4.39 Å². The molecule has 0 aromatic heterocycles. The summed E-state index contributed by atoms with van der Waals surface area (Å²) in [4.78, 5) is 13.1. The standard InChI is InChI=1S/C14H20FNO3/c1-3-18-14(17)11-16(2)9-4-10-19-13-7-5-12(15)6-8-13/h5-8H,3-4,9-11H2,1-2H3. The van der Waals surface area contributed by atoms with Crippen LogP contribution in [0.25, 0.3) is 0 Å². The Labute approximate surface area is 113 Å². The van der Waals surface area contributed by atoms with Crippen LogP contribution >= 0.6 is 0 Å². The van der Waals surface area contributed by atoms with E-state index in [2.05, 4.69) is 0 Å². The first-order chi connectivity index (χ1) is 9.11. The van der Waals surface area contributed by atoms with E-state index in [1.807, 2.05) is 11.9 Å². The van der Waals surface area contributed by atoms with Crippen molar-refractivity contribution >= 4 is 5.97 Å². The summed E-state index contributed by atoms with van der Waals surface area (Å²) in [6.07, 6.45) is 0.785. The molecule has 0 bridgehead atoms. The van der Waals surface area contributed by atoms with Crippen LogP contribution in [-0.2, 0) is 9.53 Å². The molecular weight excluding hydrogens is 249 g/mol. The number of carbonyl (C=O) groups is 1. The van der Waals surface area contributed by atoms with Gasteiger partial charge >= 0.3 is 5.97 Å². The van der Waals surface area contributed by atoms with Crippen LogP contribution in [-0.4, -0.2) is 44.2 Å². The summed E-state index contributed by atoms with van der Waals surface area (Å²) in [5.74, 6) is 0.153. The molecule has 1 aromatic rings. The second-order valence-electron chi connectivity index (χ2n) is 4.20. The molecule has 5 heteroatoms. The SMILES string of the molecule is CCOC(=O)CN(C)CCCOc1ccc(F)cc1. The van der Waals surface area contributed by atoms with Crippen molar-refractivity contribution in [2.75, 3.05) is 33.4 Å². The normalized spacial score (nSPS) is 10.5. The van der Waals surface area contributed by atoms with Crippen LogP contribution in [0.15, 0.2) is 24.3 Å². The van der Waals surface area contributed by atoms with Gasteiger partial charge in [0.15, 0.2) is 0 Å². The van der Waals surface area contributed by atoms with Gasteiger partial charge < -0.3 is 9.47 Å². The lowest BCUT2D eigenvalue weighted by atomic mass is 10.3. The van der Waals surface area contributed by atoms with Gasteiger partial charge in [0.25, 0.3) is 0 Å². The molecule has 19 heavy (non-hydrogen) atoms. The van der Waals surface area contributed by atoms with Crippen molar-refractivity contribution in [3.63, 3.8) is 0 Å². The maximum atomic E-state index is 12.7. The molecule has 0 saturated heterocycles. The molecule has 0 radical (unpaired) electrons. The molecule has 0 aliphatic heterocycles. The van der Waals surface area contributed by atoms with Crippen molar-refractivity contribution in [1.29, 1.82) is 0 Å². The lowest BCUT2D eigenvalue weighted by molar-refractivity contribution is -0.144.